The smallest absolute Gasteiger partial charge is 0.258 e. The van der Waals surface area contributed by atoms with Crippen molar-refractivity contribution in [1.29, 1.82) is 0 Å². The number of aryl methyl sites for hydroxylation is 8. The summed E-state index contributed by atoms with van der Waals surface area (Å²) in [5.41, 5.74) is 11.5. The van der Waals surface area contributed by atoms with Gasteiger partial charge >= 0.3 is 0 Å². The third kappa shape index (κ3) is 7.72. The molecule has 0 heterocycles. The largest absolute Gasteiger partial charge is 0.286 e. The van der Waals surface area contributed by atoms with Crippen molar-refractivity contribution in [3.63, 3.8) is 0 Å². The first-order valence-corrected chi connectivity index (χ1v) is 17.1. The van der Waals surface area contributed by atoms with Gasteiger partial charge in [0.15, 0.2) is 0 Å². The van der Waals surface area contributed by atoms with E-state index in [2.05, 4.69) is 24.3 Å². The molecule has 1 saturated carbocycles. The van der Waals surface area contributed by atoms with Crippen molar-refractivity contribution in [3.05, 3.63) is 140 Å². The average molecular weight is 647 g/mol. The van der Waals surface area contributed by atoms with Crippen LogP contribution in [0.4, 0.5) is 0 Å². The van der Waals surface area contributed by atoms with Crippen LogP contribution in [0.1, 0.15) is 104 Å². The highest BCUT2D eigenvalue weighted by Gasteiger charge is 2.42. The lowest BCUT2D eigenvalue weighted by molar-refractivity contribution is -0.213. The Hall–Kier alpha value is -4.26. The van der Waals surface area contributed by atoms with Gasteiger partial charge in [-0.1, -0.05) is 130 Å². The molecule has 0 spiro atoms. The predicted octanol–water partition coefficient (Wildman–Crippen LogP) is 8.86. The molecule has 0 aromatic heterocycles. The molecule has 0 radical (unpaired) electrons. The number of benzene rings is 4. The first-order valence-electron chi connectivity index (χ1n) is 17.1. The summed E-state index contributed by atoms with van der Waals surface area (Å²) in [5, 5.41) is 25.4. The third-order valence-electron chi connectivity index (χ3n) is 9.58. The number of amides is 2. The minimum atomic E-state index is -0.779. The van der Waals surface area contributed by atoms with Crippen molar-refractivity contribution in [1.82, 2.24) is 10.1 Å². The van der Waals surface area contributed by atoms with E-state index in [-0.39, 0.29) is 0 Å². The van der Waals surface area contributed by atoms with Crippen LogP contribution in [-0.2, 0) is 9.59 Å². The van der Waals surface area contributed by atoms with E-state index in [1.54, 1.807) is 0 Å². The van der Waals surface area contributed by atoms with E-state index in [0.29, 0.717) is 12.8 Å². The first-order chi connectivity index (χ1) is 22.7. The van der Waals surface area contributed by atoms with Crippen LogP contribution in [0.15, 0.2) is 72.8 Å². The van der Waals surface area contributed by atoms with E-state index in [1.807, 2.05) is 104 Å². The number of carbonyl (C=O) groups excluding carboxylic acids is 2. The number of rotatable bonds is 8. The monoisotopic (exact) mass is 646 g/mol. The highest BCUT2D eigenvalue weighted by molar-refractivity contribution is 5.88. The van der Waals surface area contributed by atoms with Crippen LogP contribution in [0.3, 0.4) is 0 Å². The number of nitrogens with zero attached hydrogens (tertiary/aromatic N) is 2. The molecule has 5 rings (SSSR count). The van der Waals surface area contributed by atoms with Crippen LogP contribution in [0, 0.1) is 55.4 Å². The molecule has 1 aliphatic carbocycles. The van der Waals surface area contributed by atoms with Gasteiger partial charge in [-0.25, -0.2) is 10.1 Å². The topological polar surface area (TPSA) is 81.1 Å². The van der Waals surface area contributed by atoms with Gasteiger partial charge in [0.05, 0.1) is 23.9 Å². The number of hydroxylamine groups is 4. The number of hydrogen-bond donors (Lipinski definition) is 2. The minimum Gasteiger partial charge on any atom is -0.286 e. The molecule has 6 heteroatoms. The number of hydrogen-bond acceptors (Lipinski definition) is 4. The van der Waals surface area contributed by atoms with Crippen molar-refractivity contribution < 1.29 is 20.0 Å². The Morgan fingerprint density at radius 2 is 0.667 bits per heavy atom. The summed E-state index contributed by atoms with van der Waals surface area (Å²) < 4.78 is 0. The maximum atomic E-state index is 14.5. The maximum Gasteiger partial charge on any atom is 0.258 e. The molecule has 0 saturated heterocycles. The molecule has 2 unspecified atom stereocenters. The molecule has 2 amide bonds. The predicted molar refractivity (Wildman–Crippen MR) is 191 cm³/mol. The van der Waals surface area contributed by atoms with E-state index in [4.69, 9.17) is 0 Å². The fraction of sp³-hybridized carbons (Fsp3) is 0.381. The SMILES string of the molecule is Cc1cc(C)cc(C(C(=O)N(O)C2CCCCC2N(O)C(=O)C(c2cc(C)cc(C)c2)c2cc(C)cc(C)c2)c2cc(C)cc(C)c2)c1. The molecule has 2 N–H and O–H groups in total. The molecule has 48 heavy (non-hydrogen) atoms. The second kappa shape index (κ2) is 14.5. The lowest BCUT2D eigenvalue weighted by atomic mass is 9.84. The zero-order chi connectivity index (χ0) is 34.9. The van der Waals surface area contributed by atoms with E-state index in [9.17, 15) is 20.0 Å². The normalized spacial score (nSPS) is 16.3. The van der Waals surface area contributed by atoms with Gasteiger partial charge in [-0.2, -0.15) is 0 Å². The van der Waals surface area contributed by atoms with Crippen molar-refractivity contribution in [2.45, 2.75) is 105 Å². The van der Waals surface area contributed by atoms with E-state index in [0.717, 1.165) is 89.7 Å². The van der Waals surface area contributed by atoms with Gasteiger partial charge in [0.25, 0.3) is 11.8 Å². The highest BCUT2D eigenvalue weighted by Crippen LogP contribution is 2.36. The second-order valence-corrected chi connectivity index (χ2v) is 14.3. The Morgan fingerprint density at radius 3 is 0.875 bits per heavy atom. The van der Waals surface area contributed by atoms with Gasteiger partial charge in [0, 0.05) is 0 Å². The standard InChI is InChI=1S/C42H50N2O4/c1-25-13-26(2)18-33(17-25)39(34-19-27(3)14-28(4)20-34)41(45)43(47)37-11-9-10-12-38(37)44(48)42(46)40(35-21-29(5)15-30(6)22-35)36-23-31(7)16-32(8)24-36/h13-24,37-40,47-48H,9-12H2,1-8H3. The summed E-state index contributed by atoms with van der Waals surface area (Å²) >= 11 is 0. The summed E-state index contributed by atoms with van der Waals surface area (Å²) in [7, 11) is 0. The van der Waals surface area contributed by atoms with Crippen molar-refractivity contribution in [2.24, 2.45) is 0 Å². The highest BCUT2D eigenvalue weighted by atomic mass is 16.5. The van der Waals surface area contributed by atoms with E-state index >= 15 is 0 Å². The van der Waals surface area contributed by atoms with Gasteiger partial charge in [0.2, 0.25) is 0 Å². The van der Waals surface area contributed by atoms with Crippen molar-refractivity contribution >= 4 is 11.8 Å². The maximum absolute atomic E-state index is 14.5. The van der Waals surface area contributed by atoms with Crippen LogP contribution in [0.5, 0.6) is 0 Å². The fourth-order valence-electron chi connectivity index (χ4n) is 7.92. The Morgan fingerprint density at radius 1 is 0.458 bits per heavy atom. The van der Waals surface area contributed by atoms with Gasteiger partial charge in [0.1, 0.15) is 0 Å². The zero-order valence-corrected chi connectivity index (χ0v) is 29.7. The molecule has 2 atom stereocenters. The average Bonchev–Trinajstić information content (AvgIpc) is 2.98. The molecule has 4 aromatic carbocycles. The van der Waals surface area contributed by atoms with Crippen LogP contribution in [0.25, 0.3) is 0 Å². The van der Waals surface area contributed by atoms with E-state index in [1.165, 1.54) is 0 Å². The lowest BCUT2D eigenvalue weighted by Crippen LogP contribution is -2.56. The van der Waals surface area contributed by atoms with Gasteiger partial charge in [-0.3, -0.25) is 20.0 Å². The first kappa shape index (κ1) is 35.1. The molecule has 4 aromatic rings. The van der Waals surface area contributed by atoms with Crippen LogP contribution in [-0.4, -0.2) is 44.4 Å². The fourth-order valence-corrected chi connectivity index (χ4v) is 7.92. The Bertz CT molecular complexity index is 1510. The number of carbonyl (C=O) groups is 2. The van der Waals surface area contributed by atoms with Crippen molar-refractivity contribution in [2.75, 3.05) is 0 Å². The molecule has 252 valence electrons. The molecule has 1 fully saturated rings. The quantitative estimate of drug-likeness (QED) is 0.148. The Balaban J connectivity index is 1.53. The molecule has 0 aliphatic heterocycles. The van der Waals surface area contributed by atoms with E-state index < -0.39 is 35.7 Å². The summed E-state index contributed by atoms with van der Waals surface area (Å²) in [6, 6.07) is 22.7. The summed E-state index contributed by atoms with van der Waals surface area (Å²) in [6.07, 6.45) is 2.45. The van der Waals surface area contributed by atoms with Gasteiger partial charge in [-0.05, 0) is 90.5 Å². The Kier molecular flexibility index (Phi) is 10.6. The van der Waals surface area contributed by atoms with Crippen LogP contribution < -0.4 is 0 Å². The molecule has 6 nitrogen and oxygen atoms in total. The summed E-state index contributed by atoms with van der Waals surface area (Å²) in [5.74, 6) is -2.45. The summed E-state index contributed by atoms with van der Waals surface area (Å²) in [6.45, 7) is 16.0. The van der Waals surface area contributed by atoms with Crippen LogP contribution in [0.2, 0.25) is 0 Å². The molecule has 0 bridgehead atoms. The second-order valence-electron chi connectivity index (χ2n) is 14.3. The molecular formula is C42H50N2O4. The Labute approximate surface area is 286 Å². The van der Waals surface area contributed by atoms with Gasteiger partial charge in [-0.15, -0.1) is 0 Å². The van der Waals surface area contributed by atoms with Crippen molar-refractivity contribution in [3.8, 4) is 0 Å². The third-order valence-corrected chi connectivity index (χ3v) is 9.58. The lowest BCUT2D eigenvalue weighted by Gasteiger charge is -2.41. The summed E-state index contributed by atoms with van der Waals surface area (Å²) in [4.78, 5) is 29.1. The molecule has 1 aliphatic rings. The minimum absolute atomic E-state index is 0.460. The zero-order valence-electron chi connectivity index (χ0n) is 29.7. The van der Waals surface area contributed by atoms with Gasteiger partial charge < -0.3 is 0 Å². The van der Waals surface area contributed by atoms with Crippen LogP contribution >= 0.6 is 0 Å². The molecular weight excluding hydrogens is 596 g/mol.